The molecule has 0 unspecified atom stereocenters. The molecule has 0 saturated heterocycles. The van der Waals surface area contributed by atoms with Crippen LogP contribution in [-0.4, -0.2) is 17.5 Å². The number of para-hydroxylation sites is 1. The van der Waals surface area contributed by atoms with E-state index in [1.165, 1.54) is 6.08 Å². The first-order chi connectivity index (χ1) is 8.33. The molecule has 0 radical (unpaired) electrons. The number of benzene rings is 1. The van der Waals surface area contributed by atoms with Crippen molar-refractivity contribution in [2.45, 2.75) is 0 Å². The summed E-state index contributed by atoms with van der Waals surface area (Å²) >= 11 is 0. The van der Waals surface area contributed by atoms with E-state index in [-0.39, 0.29) is 5.78 Å². The minimum atomic E-state index is -0.461. The van der Waals surface area contributed by atoms with Gasteiger partial charge >= 0.3 is 0 Å². The molecule has 1 N–H and O–H groups in total. The average molecular weight is 230 g/mol. The van der Waals surface area contributed by atoms with E-state index in [0.717, 1.165) is 5.75 Å². The van der Waals surface area contributed by atoms with Gasteiger partial charge in [-0.25, -0.2) is 0 Å². The molecular formula is C14H14O3. The highest BCUT2D eigenvalue weighted by Gasteiger charge is 1.87. The normalized spacial score (nSPS) is 11.6. The Hall–Kier alpha value is -2.13. The predicted octanol–water partition coefficient (Wildman–Crippen LogP) is 2.25. The lowest BCUT2D eigenvalue weighted by atomic mass is 10.3. The summed E-state index contributed by atoms with van der Waals surface area (Å²) in [5, 5.41) is 8.44. The number of ketones is 1. The summed E-state index contributed by atoms with van der Waals surface area (Å²) in [5.74, 6) is 0.447. The van der Waals surface area contributed by atoms with Crippen molar-refractivity contribution in [3.8, 4) is 5.75 Å². The summed E-state index contributed by atoms with van der Waals surface area (Å²) in [6.45, 7) is -0.461. The lowest BCUT2D eigenvalue weighted by molar-refractivity contribution is -0.117. The van der Waals surface area contributed by atoms with E-state index in [1.54, 1.807) is 30.6 Å². The minimum Gasteiger partial charge on any atom is -0.465 e. The van der Waals surface area contributed by atoms with Gasteiger partial charge in [-0.3, -0.25) is 4.79 Å². The first-order valence-corrected chi connectivity index (χ1v) is 5.18. The zero-order valence-electron chi connectivity index (χ0n) is 9.32. The summed E-state index contributed by atoms with van der Waals surface area (Å²) < 4.78 is 5.29. The van der Waals surface area contributed by atoms with E-state index in [0.29, 0.717) is 0 Å². The Morgan fingerprint density at radius 1 is 1.12 bits per heavy atom. The van der Waals surface area contributed by atoms with Gasteiger partial charge in [0, 0.05) is 0 Å². The summed E-state index contributed by atoms with van der Waals surface area (Å²) in [5.41, 5.74) is 0. The third-order valence-electron chi connectivity index (χ3n) is 1.80. The number of aliphatic hydroxyl groups excluding tert-OH is 1. The lowest BCUT2D eigenvalue weighted by Crippen LogP contribution is -1.97. The van der Waals surface area contributed by atoms with Crippen LogP contribution >= 0.6 is 0 Å². The van der Waals surface area contributed by atoms with Crippen molar-refractivity contribution in [1.29, 1.82) is 0 Å². The van der Waals surface area contributed by atoms with Gasteiger partial charge in [-0.2, -0.15) is 0 Å². The fourth-order valence-corrected chi connectivity index (χ4v) is 1.01. The molecule has 3 nitrogen and oxygen atoms in total. The molecule has 0 bridgehead atoms. The molecule has 0 spiro atoms. The summed E-state index contributed by atoms with van der Waals surface area (Å²) in [4.78, 5) is 10.7. The van der Waals surface area contributed by atoms with Crippen LogP contribution in [0.3, 0.4) is 0 Å². The van der Waals surface area contributed by atoms with Crippen molar-refractivity contribution in [1.82, 2.24) is 0 Å². The maximum absolute atomic E-state index is 10.7. The van der Waals surface area contributed by atoms with Crippen LogP contribution < -0.4 is 4.74 Å². The van der Waals surface area contributed by atoms with Crippen molar-refractivity contribution in [3.63, 3.8) is 0 Å². The van der Waals surface area contributed by atoms with Crippen LogP contribution in [0.5, 0.6) is 5.75 Å². The first kappa shape index (κ1) is 12.9. The Kier molecular flexibility index (Phi) is 6.14. The van der Waals surface area contributed by atoms with Gasteiger partial charge in [-0.15, -0.1) is 0 Å². The third-order valence-corrected chi connectivity index (χ3v) is 1.80. The second kappa shape index (κ2) is 8.07. The Morgan fingerprint density at radius 3 is 2.53 bits per heavy atom. The van der Waals surface area contributed by atoms with E-state index in [2.05, 4.69) is 0 Å². The lowest BCUT2D eigenvalue weighted by Gasteiger charge is -1.96. The molecule has 0 heterocycles. The summed E-state index contributed by atoms with van der Waals surface area (Å²) in [6, 6.07) is 9.41. The molecular weight excluding hydrogens is 216 g/mol. The van der Waals surface area contributed by atoms with Crippen LogP contribution in [0.2, 0.25) is 0 Å². The number of hydrogen-bond acceptors (Lipinski definition) is 3. The Balaban J connectivity index is 2.29. The number of aliphatic hydroxyl groups is 1. The molecule has 0 amide bonds. The molecule has 1 aromatic carbocycles. The zero-order chi connectivity index (χ0) is 12.3. The fourth-order valence-electron chi connectivity index (χ4n) is 1.01. The predicted molar refractivity (Wildman–Crippen MR) is 66.6 cm³/mol. The molecule has 0 fully saturated rings. The number of carbonyl (C=O) groups is 1. The number of rotatable bonds is 6. The fraction of sp³-hybridized carbons (Fsp3) is 0.0714. The van der Waals surface area contributed by atoms with Crippen LogP contribution in [0, 0.1) is 0 Å². The van der Waals surface area contributed by atoms with E-state index < -0.39 is 6.61 Å². The summed E-state index contributed by atoms with van der Waals surface area (Å²) in [6.07, 6.45) is 9.53. The Labute approximate surface area is 100 Å². The van der Waals surface area contributed by atoms with Crippen LogP contribution in [0.15, 0.2) is 67.0 Å². The molecule has 1 rings (SSSR count). The molecule has 17 heavy (non-hydrogen) atoms. The topological polar surface area (TPSA) is 46.5 Å². The van der Waals surface area contributed by atoms with E-state index in [9.17, 15) is 4.79 Å². The molecule has 3 heteroatoms. The molecule has 0 aliphatic rings. The highest BCUT2D eigenvalue weighted by molar-refractivity contribution is 5.90. The average Bonchev–Trinajstić information content (AvgIpc) is 2.38. The highest BCUT2D eigenvalue weighted by Crippen LogP contribution is 2.08. The second-order valence-corrected chi connectivity index (χ2v) is 3.13. The molecule has 0 atom stereocenters. The van der Waals surface area contributed by atoms with Gasteiger partial charge in [0.2, 0.25) is 0 Å². The number of carbonyl (C=O) groups excluding carboxylic acids is 1. The number of ether oxygens (including phenoxy) is 1. The zero-order valence-corrected chi connectivity index (χ0v) is 9.32. The minimum absolute atomic E-state index is 0.320. The van der Waals surface area contributed by atoms with Crippen molar-refractivity contribution in [2.24, 2.45) is 0 Å². The summed E-state index contributed by atoms with van der Waals surface area (Å²) in [7, 11) is 0. The van der Waals surface area contributed by atoms with E-state index >= 15 is 0 Å². The molecule has 0 aromatic heterocycles. The van der Waals surface area contributed by atoms with Gasteiger partial charge < -0.3 is 9.84 Å². The van der Waals surface area contributed by atoms with Crippen LogP contribution in [0.25, 0.3) is 0 Å². The maximum atomic E-state index is 10.7. The van der Waals surface area contributed by atoms with Gasteiger partial charge in [-0.1, -0.05) is 36.4 Å². The second-order valence-electron chi connectivity index (χ2n) is 3.13. The quantitative estimate of drug-likeness (QED) is 0.463. The van der Waals surface area contributed by atoms with Crippen molar-refractivity contribution in [3.05, 3.63) is 67.0 Å². The third kappa shape index (κ3) is 6.12. The van der Waals surface area contributed by atoms with Gasteiger partial charge in [0.25, 0.3) is 0 Å². The standard InChI is InChI=1S/C14H14O3/c15-12-13(16)8-4-1-2-7-11-17-14-9-5-3-6-10-14/h1-11,15H,12H2. The largest absolute Gasteiger partial charge is 0.465 e. The van der Waals surface area contributed by atoms with Gasteiger partial charge in [-0.05, 0) is 24.3 Å². The SMILES string of the molecule is O=C(C=CC=CC=COc1ccccc1)CO. The Morgan fingerprint density at radius 2 is 1.82 bits per heavy atom. The van der Waals surface area contributed by atoms with Crippen LogP contribution in [-0.2, 0) is 4.79 Å². The van der Waals surface area contributed by atoms with Crippen molar-refractivity contribution >= 4 is 5.78 Å². The highest BCUT2D eigenvalue weighted by atomic mass is 16.5. The van der Waals surface area contributed by atoms with E-state index in [4.69, 9.17) is 9.84 Å². The monoisotopic (exact) mass is 230 g/mol. The molecule has 1 aromatic rings. The first-order valence-electron chi connectivity index (χ1n) is 5.18. The number of hydrogen-bond donors (Lipinski definition) is 1. The molecule has 0 aliphatic heterocycles. The Bertz CT molecular complexity index is 416. The van der Waals surface area contributed by atoms with Gasteiger partial charge in [0.05, 0.1) is 6.26 Å². The van der Waals surface area contributed by atoms with Crippen LogP contribution in [0.1, 0.15) is 0 Å². The van der Waals surface area contributed by atoms with Crippen molar-refractivity contribution < 1.29 is 14.6 Å². The smallest absolute Gasteiger partial charge is 0.180 e. The number of allylic oxidation sites excluding steroid dienone is 4. The van der Waals surface area contributed by atoms with Crippen molar-refractivity contribution in [2.75, 3.05) is 6.61 Å². The van der Waals surface area contributed by atoms with E-state index in [1.807, 2.05) is 30.3 Å². The maximum Gasteiger partial charge on any atom is 0.180 e. The molecule has 0 aliphatic carbocycles. The van der Waals surface area contributed by atoms with Gasteiger partial charge in [0.15, 0.2) is 5.78 Å². The van der Waals surface area contributed by atoms with Crippen LogP contribution in [0.4, 0.5) is 0 Å². The molecule has 88 valence electrons. The molecule has 0 saturated carbocycles. The van der Waals surface area contributed by atoms with Gasteiger partial charge in [0.1, 0.15) is 12.4 Å².